The molecule has 1 fully saturated rings. The minimum atomic E-state index is -0.832. The van der Waals surface area contributed by atoms with Crippen molar-refractivity contribution in [2.75, 3.05) is 19.6 Å². The second-order valence-corrected chi connectivity index (χ2v) is 4.98. The van der Waals surface area contributed by atoms with Crippen molar-refractivity contribution in [1.29, 1.82) is 0 Å². The Hall–Kier alpha value is -2.11. The molecular weight excluding hydrogens is 263 g/mol. The highest BCUT2D eigenvalue weighted by atomic mass is 19.1. The zero-order valence-corrected chi connectivity index (χ0v) is 11.0. The van der Waals surface area contributed by atoms with Crippen LogP contribution in [0.15, 0.2) is 24.3 Å². The molecule has 2 rings (SSSR count). The minimum absolute atomic E-state index is 0.0569. The molecule has 1 aliphatic rings. The van der Waals surface area contributed by atoms with Crippen LogP contribution in [-0.4, -0.2) is 41.6 Å². The van der Waals surface area contributed by atoms with Crippen LogP contribution in [0.3, 0.4) is 0 Å². The second kappa shape index (κ2) is 6.36. The van der Waals surface area contributed by atoms with Crippen molar-refractivity contribution in [2.45, 2.75) is 12.8 Å². The first-order valence-electron chi connectivity index (χ1n) is 6.53. The number of hydrogen-bond donors (Lipinski definition) is 2. The van der Waals surface area contributed by atoms with Crippen LogP contribution in [-0.2, 0) is 11.2 Å². The fourth-order valence-corrected chi connectivity index (χ4v) is 2.23. The van der Waals surface area contributed by atoms with Gasteiger partial charge >= 0.3 is 12.0 Å². The molecule has 1 aromatic rings. The van der Waals surface area contributed by atoms with Gasteiger partial charge in [0.25, 0.3) is 0 Å². The van der Waals surface area contributed by atoms with E-state index in [0.717, 1.165) is 5.56 Å². The predicted molar refractivity (Wildman–Crippen MR) is 70.8 cm³/mol. The maximum atomic E-state index is 12.9. The van der Waals surface area contributed by atoms with Crippen LogP contribution in [0.1, 0.15) is 12.0 Å². The number of amides is 2. The van der Waals surface area contributed by atoms with Gasteiger partial charge in [-0.3, -0.25) is 4.79 Å². The summed E-state index contributed by atoms with van der Waals surface area (Å²) >= 11 is 0. The van der Waals surface area contributed by atoms with Gasteiger partial charge in [-0.25, -0.2) is 9.18 Å². The molecule has 6 heteroatoms. The number of carbonyl (C=O) groups is 2. The maximum absolute atomic E-state index is 12.9. The normalized spacial score (nSPS) is 14.8. The Labute approximate surface area is 116 Å². The van der Waals surface area contributed by atoms with Crippen LogP contribution in [0.5, 0.6) is 0 Å². The molecule has 2 amide bonds. The van der Waals surface area contributed by atoms with Crippen LogP contribution >= 0.6 is 0 Å². The first-order valence-corrected chi connectivity index (χ1v) is 6.53. The van der Waals surface area contributed by atoms with E-state index in [2.05, 4.69) is 5.32 Å². The summed E-state index contributed by atoms with van der Waals surface area (Å²) < 4.78 is 12.9. The van der Waals surface area contributed by atoms with Crippen LogP contribution < -0.4 is 5.32 Å². The smallest absolute Gasteiger partial charge is 0.317 e. The van der Waals surface area contributed by atoms with E-state index < -0.39 is 5.97 Å². The van der Waals surface area contributed by atoms with Gasteiger partial charge in [-0.1, -0.05) is 12.1 Å². The molecule has 0 aromatic heterocycles. The lowest BCUT2D eigenvalue weighted by Crippen LogP contribution is -2.54. The molecular formula is C14H17FN2O3. The first kappa shape index (κ1) is 14.3. The molecule has 20 heavy (non-hydrogen) atoms. The van der Waals surface area contributed by atoms with Gasteiger partial charge in [-0.15, -0.1) is 0 Å². The maximum Gasteiger partial charge on any atom is 0.317 e. The lowest BCUT2D eigenvalue weighted by molar-refractivity contribution is -0.139. The number of nitrogens with one attached hydrogen (secondary N) is 1. The molecule has 0 aliphatic carbocycles. The van der Waals surface area contributed by atoms with Crippen molar-refractivity contribution >= 4 is 12.0 Å². The number of benzene rings is 1. The summed E-state index contributed by atoms with van der Waals surface area (Å²) in [5.74, 6) is -1.06. The average molecular weight is 280 g/mol. The van der Waals surface area contributed by atoms with E-state index in [1.54, 1.807) is 11.0 Å². The standard InChI is InChI=1S/C14H17FN2O3/c15-12-3-1-2-10(6-12)4-5-16-14(20)17-8-11(9-17)7-13(18)19/h1-3,6,11H,4-5,7-9H2,(H,16,20)(H,18,19). The minimum Gasteiger partial charge on any atom is -0.481 e. The molecule has 0 atom stereocenters. The van der Waals surface area contributed by atoms with Crippen molar-refractivity contribution in [3.05, 3.63) is 35.6 Å². The van der Waals surface area contributed by atoms with Gasteiger partial charge in [0.05, 0.1) is 6.42 Å². The molecule has 0 unspecified atom stereocenters. The van der Waals surface area contributed by atoms with Gasteiger partial charge in [0, 0.05) is 25.6 Å². The largest absolute Gasteiger partial charge is 0.481 e. The van der Waals surface area contributed by atoms with Crippen molar-refractivity contribution in [1.82, 2.24) is 10.2 Å². The molecule has 0 spiro atoms. The Morgan fingerprint density at radius 2 is 2.15 bits per heavy atom. The Kier molecular flexibility index (Phi) is 4.55. The number of urea groups is 1. The van der Waals surface area contributed by atoms with Crippen molar-refractivity contribution in [2.24, 2.45) is 5.92 Å². The fraction of sp³-hybridized carbons (Fsp3) is 0.429. The monoisotopic (exact) mass is 280 g/mol. The van der Waals surface area contributed by atoms with Crippen LogP contribution in [0.4, 0.5) is 9.18 Å². The van der Waals surface area contributed by atoms with Gasteiger partial charge in [-0.05, 0) is 24.1 Å². The summed E-state index contributed by atoms with van der Waals surface area (Å²) in [5, 5.41) is 11.4. The Morgan fingerprint density at radius 1 is 1.40 bits per heavy atom. The van der Waals surface area contributed by atoms with Crippen molar-refractivity contribution in [3.63, 3.8) is 0 Å². The summed E-state index contributed by atoms with van der Waals surface area (Å²) in [5.41, 5.74) is 0.831. The van der Waals surface area contributed by atoms with Crippen molar-refractivity contribution in [3.8, 4) is 0 Å². The summed E-state index contributed by atoms with van der Waals surface area (Å²) in [6.07, 6.45) is 0.670. The molecule has 108 valence electrons. The van der Waals surface area contributed by atoms with E-state index in [9.17, 15) is 14.0 Å². The Morgan fingerprint density at radius 3 is 2.80 bits per heavy atom. The molecule has 1 saturated heterocycles. The lowest BCUT2D eigenvalue weighted by atomic mass is 9.97. The molecule has 0 bridgehead atoms. The van der Waals surface area contributed by atoms with Gasteiger partial charge in [-0.2, -0.15) is 0 Å². The van der Waals surface area contributed by atoms with Gasteiger partial charge in [0.15, 0.2) is 0 Å². The molecule has 1 aromatic carbocycles. The number of halogens is 1. The third-order valence-corrected chi connectivity index (χ3v) is 3.29. The van der Waals surface area contributed by atoms with Crippen LogP contribution in [0, 0.1) is 11.7 Å². The molecule has 1 aliphatic heterocycles. The average Bonchev–Trinajstić information content (AvgIpc) is 2.33. The predicted octanol–water partition coefficient (Wildman–Crippen LogP) is 1.48. The number of carboxylic acids is 1. The zero-order chi connectivity index (χ0) is 14.5. The van der Waals surface area contributed by atoms with Gasteiger partial charge in [0.2, 0.25) is 0 Å². The Bertz CT molecular complexity index is 501. The third kappa shape index (κ3) is 3.94. The van der Waals surface area contributed by atoms with Crippen LogP contribution in [0.2, 0.25) is 0 Å². The second-order valence-electron chi connectivity index (χ2n) is 4.98. The number of rotatable bonds is 5. The van der Waals surface area contributed by atoms with E-state index >= 15 is 0 Å². The third-order valence-electron chi connectivity index (χ3n) is 3.29. The summed E-state index contributed by atoms with van der Waals surface area (Å²) in [6.45, 7) is 1.40. The lowest BCUT2D eigenvalue weighted by Gasteiger charge is -2.38. The summed E-state index contributed by atoms with van der Waals surface area (Å²) in [6, 6.07) is 6.08. The molecule has 5 nitrogen and oxygen atoms in total. The number of carbonyl (C=O) groups excluding carboxylic acids is 1. The number of likely N-dealkylation sites (tertiary alicyclic amines) is 1. The molecule has 0 saturated carbocycles. The number of aliphatic carboxylic acids is 1. The van der Waals surface area contributed by atoms with E-state index in [1.165, 1.54) is 12.1 Å². The molecule has 1 heterocycles. The van der Waals surface area contributed by atoms with E-state index in [0.29, 0.717) is 26.1 Å². The summed E-state index contributed by atoms with van der Waals surface area (Å²) in [7, 11) is 0. The molecule has 0 radical (unpaired) electrons. The number of nitrogens with zero attached hydrogens (tertiary/aromatic N) is 1. The first-order chi connectivity index (χ1) is 9.54. The van der Waals surface area contributed by atoms with Gasteiger partial charge in [0.1, 0.15) is 5.82 Å². The molecule has 2 N–H and O–H groups in total. The SMILES string of the molecule is O=C(O)CC1CN(C(=O)NCCc2cccc(F)c2)C1. The fourth-order valence-electron chi connectivity index (χ4n) is 2.23. The number of carboxylic acid groups (broad SMARTS) is 1. The summed E-state index contributed by atoms with van der Waals surface area (Å²) in [4.78, 5) is 23.8. The van der Waals surface area contributed by atoms with E-state index in [4.69, 9.17) is 5.11 Å². The Balaban J connectivity index is 1.65. The quantitative estimate of drug-likeness (QED) is 0.858. The highest BCUT2D eigenvalue weighted by molar-refractivity contribution is 5.75. The number of hydrogen-bond acceptors (Lipinski definition) is 2. The highest BCUT2D eigenvalue weighted by Gasteiger charge is 2.31. The van der Waals surface area contributed by atoms with Crippen molar-refractivity contribution < 1.29 is 19.1 Å². The topological polar surface area (TPSA) is 69.6 Å². The van der Waals surface area contributed by atoms with Gasteiger partial charge < -0.3 is 15.3 Å². The van der Waals surface area contributed by atoms with E-state index in [-0.39, 0.29) is 24.2 Å². The highest BCUT2D eigenvalue weighted by Crippen LogP contribution is 2.18. The van der Waals surface area contributed by atoms with Crippen LogP contribution in [0.25, 0.3) is 0 Å². The zero-order valence-electron chi connectivity index (χ0n) is 11.0. The van der Waals surface area contributed by atoms with E-state index in [1.807, 2.05) is 6.07 Å².